The van der Waals surface area contributed by atoms with Gasteiger partial charge in [-0.15, -0.1) is 0 Å². The number of hydrogen-bond donors (Lipinski definition) is 2. The zero-order valence-electron chi connectivity index (χ0n) is 34.5. The Balaban J connectivity index is 1.35. The molecule has 316 valence electrons. The molecular weight excluding hydrogens is 931 g/mol. The number of nitrogens with one attached hydrogen (secondary N) is 2. The topological polar surface area (TPSA) is 105 Å². The molecule has 2 atom stereocenters. The lowest BCUT2D eigenvalue weighted by atomic mass is 10.0. The molecule has 0 radical (unpaired) electrons. The second-order valence-electron chi connectivity index (χ2n) is 16.5. The van der Waals surface area contributed by atoms with Crippen LogP contribution in [0.25, 0.3) is 0 Å². The van der Waals surface area contributed by atoms with Crippen LogP contribution in [0.3, 0.4) is 0 Å². The van der Waals surface area contributed by atoms with Crippen molar-refractivity contribution in [2.75, 3.05) is 36.0 Å². The summed E-state index contributed by atoms with van der Waals surface area (Å²) in [4.78, 5) is 63.5. The van der Waals surface area contributed by atoms with Gasteiger partial charge in [-0.25, -0.2) is 0 Å². The highest BCUT2D eigenvalue weighted by atomic mass is 79.9. The highest BCUT2D eigenvalue weighted by Gasteiger charge is 2.35. The maximum atomic E-state index is 14.3. The first-order chi connectivity index (χ1) is 28.3. The van der Waals surface area contributed by atoms with Gasteiger partial charge >= 0.3 is 0 Å². The standard InChI is InChI=1S/C46H50Br2Cl2N6O4/c1-45(2,3)51-43(59)41(31-7-15-35(49)16-8-31)55(37-19-11-33(47)12-20-37)39(57)23-25-53-27-29-54(30-28-53)26-24-40(58)56(38-21-13-34(48)14-22-38)42(44(60)52-46(4,5)6)32-9-17-36(50)18-10-32/h7-26,41-42H,27-30H2,1-6H3,(H,51,59)(H,52,60)/b25-23+,26-24+. The van der Waals surface area contributed by atoms with Crippen molar-refractivity contribution < 1.29 is 19.2 Å². The molecule has 1 aliphatic rings. The molecule has 5 rings (SSSR count). The van der Waals surface area contributed by atoms with E-state index in [1.165, 1.54) is 22.0 Å². The van der Waals surface area contributed by atoms with Gasteiger partial charge in [-0.2, -0.15) is 0 Å². The predicted molar refractivity (Wildman–Crippen MR) is 249 cm³/mol. The quantitative estimate of drug-likeness (QED) is 0.137. The van der Waals surface area contributed by atoms with Crippen molar-refractivity contribution in [2.24, 2.45) is 0 Å². The molecule has 0 saturated carbocycles. The van der Waals surface area contributed by atoms with Crippen molar-refractivity contribution in [3.8, 4) is 0 Å². The van der Waals surface area contributed by atoms with Gasteiger partial charge in [0, 0.05) is 92.2 Å². The molecule has 10 nitrogen and oxygen atoms in total. The van der Waals surface area contributed by atoms with Gasteiger partial charge in [-0.05, 0) is 125 Å². The molecule has 1 saturated heterocycles. The fourth-order valence-corrected chi connectivity index (χ4v) is 7.33. The number of carbonyl (C=O) groups excluding carboxylic acids is 4. The van der Waals surface area contributed by atoms with E-state index in [-0.39, 0.29) is 23.6 Å². The molecule has 4 aromatic rings. The van der Waals surface area contributed by atoms with Crippen LogP contribution >= 0.6 is 55.1 Å². The Morgan fingerprint density at radius 1 is 0.550 bits per heavy atom. The monoisotopic (exact) mass is 978 g/mol. The predicted octanol–water partition coefficient (Wildman–Crippen LogP) is 9.84. The number of amides is 4. The minimum absolute atomic E-state index is 0.336. The molecule has 2 unspecified atom stereocenters. The summed E-state index contributed by atoms with van der Waals surface area (Å²) in [6.45, 7) is 13.6. The fraction of sp³-hybridized carbons (Fsp3) is 0.304. The van der Waals surface area contributed by atoms with Gasteiger partial charge in [0.25, 0.3) is 11.8 Å². The van der Waals surface area contributed by atoms with E-state index in [1.54, 1.807) is 85.2 Å². The molecule has 4 amide bonds. The Bertz CT molecular complexity index is 2020. The van der Waals surface area contributed by atoms with Gasteiger partial charge < -0.3 is 20.4 Å². The van der Waals surface area contributed by atoms with Gasteiger partial charge in [0.2, 0.25) is 11.8 Å². The smallest absolute Gasteiger partial charge is 0.253 e. The summed E-state index contributed by atoms with van der Waals surface area (Å²) < 4.78 is 1.66. The van der Waals surface area contributed by atoms with E-state index in [4.69, 9.17) is 23.2 Å². The first-order valence-electron chi connectivity index (χ1n) is 19.4. The molecule has 4 aromatic carbocycles. The molecule has 14 heteroatoms. The molecule has 0 spiro atoms. The first-order valence-corrected chi connectivity index (χ1v) is 21.8. The molecule has 60 heavy (non-hydrogen) atoms. The number of rotatable bonds is 12. The SMILES string of the molecule is CC(C)(C)NC(=O)C(c1ccc(Cl)cc1)N(C(=O)/C=C/N1CCN(/C=C/C(=O)N(c2ccc(Br)cc2)C(C(=O)NC(C)(C)C)c2ccc(Cl)cc2)CC1)c1ccc(Br)cc1. The van der Waals surface area contributed by atoms with E-state index in [0.29, 0.717) is 58.7 Å². The van der Waals surface area contributed by atoms with Crippen molar-refractivity contribution in [3.63, 3.8) is 0 Å². The molecule has 0 bridgehead atoms. The van der Waals surface area contributed by atoms with Crippen LogP contribution in [0.2, 0.25) is 10.0 Å². The normalized spacial score (nSPS) is 14.5. The zero-order valence-corrected chi connectivity index (χ0v) is 39.1. The number of piperazine rings is 1. The fourth-order valence-electron chi connectivity index (χ4n) is 6.55. The van der Waals surface area contributed by atoms with Gasteiger partial charge in [-0.3, -0.25) is 29.0 Å². The molecule has 1 heterocycles. The summed E-state index contributed by atoms with van der Waals surface area (Å²) in [5, 5.41) is 7.14. The number of benzene rings is 4. The Morgan fingerprint density at radius 3 is 1.13 bits per heavy atom. The Hall–Kier alpha value is -4.62. The lowest BCUT2D eigenvalue weighted by molar-refractivity contribution is -0.126. The number of nitrogens with zero attached hydrogens (tertiary/aromatic N) is 4. The van der Waals surface area contributed by atoms with Gasteiger partial charge in [0.05, 0.1) is 0 Å². The summed E-state index contributed by atoms with van der Waals surface area (Å²) in [6, 6.07) is 26.3. The molecule has 2 N–H and O–H groups in total. The number of hydrogen-bond acceptors (Lipinski definition) is 6. The van der Waals surface area contributed by atoms with Gasteiger partial charge in [0.1, 0.15) is 12.1 Å². The van der Waals surface area contributed by atoms with Crippen LogP contribution in [0.4, 0.5) is 11.4 Å². The second kappa shape index (κ2) is 20.3. The Kier molecular flexibility index (Phi) is 15.7. The minimum atomic E-state index is -0.991. The second-order valence-corrected chi connectivity index (χ2v) is 19.2. The highest BCUT2D eigenvalue weighted by molar-refractivity contribution is 9.10. The molecule has 0 aromatic heterocycles. The first kappa shape index (κ1) is 46.4. The van der Waals surface area contributed by atoms with E-state index in [1.807, 2.05) is 75.6 Å². The minimum Gasteiger partial charge on any atom is -0.374 e. The maximum absolute atomic E-state index is 14.3. The summed E-state index contributed by atoms with van der Waals surface area (Å²) in [6.07, 6.45) is 6.47. The largest absolute Gasteiger partial charge is 0.374 e. The van der Waals surface area contributed by atoms with E-state index >= 15 is 0 Å². The summed E-state index contributed by atoms with van der Waals surface area (Å²) in [7, 11) is 0. The van der Waals surface area contributed by atoms with E-state index < -0.39 is 23.2 Å². The van der Waals surface area contributed by atoms with Crippen LogP contribution in [-0.2, 0) is 19.2 Å². The van der Waals surface area contributed by atoms with Crippen molar-refractivity contribution >= 4 is 90.1 Å². The van der Waals surface area contributed by atoms with E-state index in [0.717, 1.165) is 8.95 Å². The Labute approximate surface area is 379 Å². The third kappa shape index (κ3) is 13.2. The Morgan fingerprint density at radius 2 is 0.850 bits per heavy atom. The van der Waals surface area contributed by atoms with Gasteiger partial charge in [0.15, 0.2) is 0 Å². The molecule has 1 fully saturated rings. The third-order valence-electron chi connectivity index (χ3n) is 9.27. The highest BCUT2D eigenvalue weighted by Crippen LogP contribution is 2.33. The molecule has 0 aliphatic carbocycles. The zero-order chi connectivity index (χ0) is 43.8. The average Bonchev–Trinajstić information content (AvgIpc) is 3.18. The van der Waals surface area contributed by atoms with Crippen LogP contribution in [0.5, 0.6) is 0 Å². The van der Waals surface area contributed by atoms with Crippen LogP contribution in [-0.4, -0.2) is 70.7 Å². The number of carbonyl (C=O) groups is 4. The van der Waals surface area contributed by atoms with E-state index in [9.17, 15) is 19.2 Å². The number of anilines is 2. The number of halogens is 4. The van der Waals surface area contributed by atoms with Crippen molar-refractivity contribution in [2.45, 2.75) is 64.7 Å². The van der Waals surface area contributed by atoms with Crippen LogP contribution in [0, 0.1) is 0 Å². The summed E-state index contributed by atoms with van der Waals surface area (Å²) >= 11 is 19.4. The van der Waals surface area contributed by atoms with Crippen molar-refractivity contribution in [3.05, 3.63) is 152 Å². The van der Waals surface area contributed by atoms with Gasteiger partial charge in [-0.1, -0.05) is 79.3 Å². The van der Waals surface area contributed by atoms with Crippen molar-refractivity contribution in [1.29, 1.82) is 0 Å². The van der Waals surface area contributed by atoms with Crippen LogP contribution in [0.15, 0.2) is 131 Å². The van der Waals surface area contributed by atoms with Crippen LogP contribution < -0.4 is 20.4 Å². The summed E-state index contributed by atoms with van der Waals surface area (Å²) in [5.41, 5.74) is 1.19. The third-order valence-corrected chi connectivity index (χ3v) is 10.8. The van der Waals surface area contributed by atoms with Crippen molar-refractivity contribution in [1.82, 2.24) is 20.4 Å². The molecule has 1 aliphatic heterocycles. The molecular formula is C46H50Br2Cl2N6O4. The lowest BCUT2D eigenvalue weighted by Gasteiger charge is -2.35. The van der Waals surface area contributed by atoms with Crippen LogP contribution in [0.1, 0.15) is 64.8 Å². The van der Waals surface area contributed by atoms with E-state index in [2.05, 4.69) is 42.5 Å². The lowest BCUT2D eigenvalue weighted by Crippen LogP contribution is -2.49. The maximum Gasteiger partial charge on any atom is 0.253 e. The average molecular weight is 982 g/mol. The summed E-state index contributed by atoms with van der Waals surface area (Å²) in [5.74, 6) is -1.43.